The third-order valence-electron chi connectivity index (χ3n) is 7.14. The molecular weight excluding hydrogens is 616 g/mol. The summed E-state index contributed by atoms with van der Waals surface area (Å²) in [4.78, 5) is 3.42. The number of halogens is 5. The van der Waals surface area contributed by atoms with Gasteiger partial charge in [0.1, 0.15) is 18.1 Å². The van der Waals surface area contributed by atoms with E-state index in [1.54, 1.807) is 16.9 Å². The highest BCUT2D eigenvalue weighted by Crippen LogP contribution is 2.34. The van der Waals surface area contributed by atoms with E-state index in [1.807, 2.05) is 26.1 Å². The molecule has 1 aromatic carbocycles. The SMILES string of the molecule is CC(C)n1ccc(C[C@@H](c2ccc(-c3c(-n4cnnn4)ccc(Cl)c3F)c[n+]2[O-])n2cc(-c3ccnc(C(F)(F)F)c3)cn2)n1. The van der Waals surface area contributed by atoms with Crippen LogP contribution in [0.3, 0.4) is 0 Å². The summed E-state index contributed by atoms with van der Waals surface area (Å²) in [5.74, 6) is -0.763. The monoisotopic (exact) mass is 638 g/mol. The number of hydrogen-bond acceptors (Lipinski definition) is 7. The highest BCUT2D eigenvalue weighted by Gasteiger charge is 2.33. The molecule has 11 nitrogen and oxygen atoms in total. The van der Waals surface area contributed by atoms with Crippen LogP contribution in [0.4, 0.5) is 17.6 Å². The normalized spacial score (nSPS) is 12.6. The van der Waals surface area contributed by atoms with E-state index in [0.29, 0.717) is 16.0 Å². The number of nitrogens with zero attached hydrogens (tertiary/aromatic N) is 10. The first-order valence-electron chi connectivity index (χ1n) is 13.6. The predicted molar refractivity (Wildman–Crippen MR) is 153 cm³/mol. The molecule has 45 heavy (non-hydrogen) atoms. The van der Waals surface area contributed by atoms with E-state index in [-0.39, 0.29) is 45.6 Å². The maximum atomic E-state index is 15.4. The van der Waals surface area contributed by atoms with Crippen LogP contribution < -0.4 is 4.73 Å². The Morgan fingerprint density at radius 1 is 1.02 bits per heavy atom. The first kappa shape index (κ1) is 29.9. The average Bonchev–Trinajstić information content (AvgIpc) is 3.80. The molecule has 6 aromatic rings. The number of alkyl halides is 3. The number of aromatic nitrogens is 10. The van der Waals surface area contributed by atoms with Gasteiger partial charge in [0.05, 0.1) is 33.7 Å². The molecule has 0 saturated carbocycles. The van der Waals surface area contributed by atoms with Gasteiger partial charge in [-0.1, -0.05) is 11.6 Å². The lowest BCUT2D eigenvalue weighted by molar-refractivity contribution is -0.615. The molecule has 0 unspecified atom stereocenters. The van der Waals surface area contributed by atoms with Gasteiger partial charge in [-0.3, -0.25) is 14.3 Å². The van der Waals surface area contributed by atoms with E-state index in [9.17, 15) is 18.4 Å². The molecule has 0 aliphatic carbocycles. The molecule has 0 spiro atoms. The Morgan fingerprint density at radius 3 is 2.53 bits per heavy atom. The van der Waals surface area contributed by atoms with E-state index in [4.69, 9.17) is 11.6 Å². The molecular formula is C29H23ClF4N10O. The summed E-state index contributed by atoms with van der Waals surface area (Å²) in [6.07, 6.45) is 3.96. The molecule has 5 aromatic heterocycles. The van der Waals surface area contributed by atoms with Crippen molar-refractivity contribution in [1.29, 1.82) is 0 Å². The Morgan fingerprint density at radius 2 is 1.84 bits per heavy atom. The predicted octanol–water partition coefficient (Wildman–Crippen LogP) is 5.64. The Labute approximate surface area is 257 Å². The highest BCUT2D eigenvalue weighted by atomic mass is 35.5. The van der Waals surface area contributed by atoms with Gasteiger partial charge >= 0.3 is 6.18 Å². The van der Waals surface area contributed by atoms with Crippen molar-refractivity contribution in [2.24, 2.45) is 0 Å². The zero-order valence-corrected chi connectivity index (χ0v) is 24.4. The Balaban J connectivity index is 1.43. The van der Waals surface area contributed by atoms with Crippen LogP contribution in [0.5, 0.6) is 0 Å². The van der Waals surface area contributed by atoms with Gasteiger partial charge in [0.15, 0.2) is 12.0 Å². The van der Waals surface area contributed by atoms with Crippen LogP contribution in [-0.2, 0) is 12.6 Å². The van der Waals surface area contributed by atoms with Crippen LogP contribution >= 0.6 is 11.6 Å². The molecule has 1 atom stereocenters. The Hall–Kier alpha value is -5.18. The van der Waals surface area contributed by atoms with E-state index >= 15 is 4.39 Å². The van der Waals surface area contributed by atoms with Crippen molar-refractivity contribution in [1.82, 2.24) is 44.8 Å². The first-order chi connectivity index (χ1) is 21.5. The maximum absolute atomic E-state index is 15.4. The Bertz CT molecular complexity index is 1970. The minimum absolute atomic E-state index is 0.0118. The largest absolute Gasteiger partial charge is 0.618 e. The molecule has 0 amide bonds. The van der Waals surface area contributed by atoms with E-state index in [2.05, 4.69) is 30.7 Å². The smallest absolute Gasteiger partial charge is 0.433 e. The quantitative estimate of drug-likeness (QED) is 0.120. The minimum atomic E-state index is -4.62. The molecule has 0 aliphatic rings. The summed E-state index contributed by atoms with van der Waals surface area (Å²) in [7, 11) is 0. The second-order valence-corrected chi connectivity index (χ2v) is 10.8. The van der Waals surface area contributed by atoms with Crippen molar-refractivity contribution in [2.75, 3.05) is 0 Å². The fourth-order valence-corrected chi connectivity index (χ4v) is 5.06. The fraction of sp³-hybridized carbons (Fsp3) is 0.207. The van der Waals surface area contributed by atoms with Crippen molar-refractivity contribution in [2.45, 2.75) is 38.5 Å². The van der Waals surface area contributed by atoms with Crippen molar-refractivity contribution < 1.29 is 22.3 Å². The van der Waals surface area contributed by atoms with Gasteiger partial charge in [0.25, 0.3) is 0 Å². The van der Waals surface area contributed by atoms with Crippen molar-refractivity contribution >= 4 is 11.6 Å². The molecule has 5 heterocycles. The van der Waals surface area contributed by atoms with Crippen LogP contribution in [0.25, 0.3) is 27.9 Å². The third kappa shape index (κ3) is 5.98. The summed E-state index contributed by atoms with van der Waals surface area (Å²) in [6.45, 7) is 3.95. The molecule has 0 fully saturated rings. The van der Waals surface area contributed by atoms with Crippen LogP contribution in [-0.4, -0.2) is 44.8 Å². The molecule has 0 radical (unpaired) electrons. The topological polar surface area (TPSA) is 119 Å². The lowest BCUT2D eigenvalue weighted by Crippen LogP contribution is -2.36. The van der Waals surface area contributed by atoms with Crippen molar-refractivity contribution in [3.05, 3.63) is 113 Å². The molecule has 6 rings (SSSR count). The van der Waals surface area contributed by atoms with Gasteiger partial charge in [0, 0.05) is 42.7 Å². The van der Waals surface area contributed by atoms with Gasteiger partial charge < -0.3 is 5.21 Å². The fourth-order valence-electron chi connectivity index (χ4n) is 4.90. The molecule has 0 saturated heterocycles. The minimum Gasteiger partial charge on any atom is -0.618 e. The molecule has 0 N–H and O–H groups in total. The zero-order valence-electron chi connectivity index (χ0n) is 23.6. The number of rotatable bonds is 8. The standard InChI is InChI=1S/C29H23ClF4N10O/c1-17(2)41-10-8-21(38-41)12-25(42-14-20(13-37-42)18-7-9-35-26(11-18)29(32,33)34)23-5-3-19(15-44(23)45)27-24(43-16-36-39-40-43)6-4-22(30)28(27)31/h3-11,13-17,25H,12H2,1-2H3/t25-/m0/s1. The van der Waals surface area contributed by atoms with Gasteiger partial charge in [-0.2, -0.15) is 32.8 Å². The lowest BCUT2D eigenvalue weighted by Gasteiger charge is -2.18. The van der Waals surface area contributed by atoms with Crippen molar-refractivity contribution in [3.63, 3.8) is 0 Å². The molecule has 0 bridgehead atoms. The maximum Gasteiger partial charge on any atom is 0.433 e. The van der Waals surface area contributed by atoms with E-state index in [0.717, 1.165) is 12.3 Å². The van der Waals surface area contributed by atoms with Gasteiger partial charge in [-0.25, -0.2) is 4.39 Å². The van der Waals surface area contributed by atoms with Crippen LogP contribution in [0.1, 0.15) is 43.0 Å². The third-order valence-corrected chi connectivity index (χ3v) is 7.43. The van der Waals surface area contributed by atoms with Gasteiger partial charge in [0.2, 0.25) is 5.69 Å². The van der Waals surface area contributed by atoms with Gasteiger partial charge in [-0.05, 0) is 66.2 Å². The van der Waals surface area contributed by atoms with Crippen LogP contribution in [0, 0.1) is 11.0 Å². The van der Waals surface area contributed by atoms with E-state index in [1.165, 1.54) is 52.4 Å². The summed E-state index contributed by atoms with van der Waals surface area (Å²) >= 11 is 6.09. The molecule has 16 heteroatoms. The van der Waals surface area contributed by atoms with Crippen LogP contribution in [0.2, 0.25) is 5.02 Å². The molecule has 0 aliphatic heterocycles. The van der Waals surface area contributed by atoms with Crippen LogP contribution in [0.15, 0.2) is 79.8 Å². The second-order valence-electron chi connectivity index (χ2n) is 10.4. The average molecular weight is 639 g/mol. The Kier molecular flexibility index (Phi) is 7.78. The van der Waals surface area contributed by atoms with Crippen molar-refractivity contribution in [3.8, 4) is 27.9 Å². The summed E-state index contributed by atoms with van der Waals surface area (Å²) in [5, 5.41) is 33.6. The molecule has 230 valence electrons. The summed E-state index contributed by atoms with van der Waals surface area (Å²) in [6, 6.07) is 9.54. The number of hydrogen-bond donors (Lipinski definition) is 0. The number of pyridine rings is 2. The van der Waals surface area contributed by atoms with E-state index < -0.39 is 23.7 Å². The highest BCUT2D eigenvalue weighted by molar-refractivity contribution is 6.31. The lowest BCUT2D eigenvalue weighted by atomic mass is 10.0. The van der Waals surface area contributed by atoms with Gasteiger partial charge in [-0.15, -0.1) is 5.10 Å². The second kappa shape index (κ2) is 11.7. The zero-order chi connectivity index (χ0) is 31.9. The number of tetrazole rings is 1. The first-order valence-corrected chi connectivity index (χ1v) is 13.9. The summed E-state index contributed by atoms with van der Waals surface area (Å²) < 4.78 is 60.5. The summed E-state index contributed by atoms with van der Waals surface area (Å²) in [5.41, 5.74) is 0.968. The number of benzene rings is 1.